The van der Waals surface area contributed by atoms with Crippen LogP contribution in [0.15, 0.2) is 24.3 Å². The van der Waals surface area contributed by atoms with E-state index in [1.54, 1.807) is 0 Å². The van der Waals surface area contributed by atoms with E-state index < -0.39 is 0 Å². The molecule has 1 aliphatic heterocycles. The van der Waals surface area contributed by atoms with Gasteiger partial charge in [-0.2, -0.15) is 0 Å². The van der Waals surface area contributed by atoms with Gasteiger partial charge in [-0.15, -0.1) is 0 Å². The second-order valence-electron chi connectivity index (χ2n) is 9.11. The third-order valence-electron chi connectivity index (χ3n) is 6.37. The largest absolute Gasteiger partial charge is 0.494 e. The molecule has 1 aromatic carbocycles. The minimum atomic E-state index is 0.158. The van der Waals surface area contributed by atoms with Crippen LogP contribution in [0.1, 0.15) is 52.4 Å². The van der Waals surface area contributed by atoms with Gasteiger partial charge in [0.2, 0.25) is 0 Å². The molecule has 0 bridgehead atoms. The number of carbonyl (C=O) groups excluding carboxylic acids is 1. The van der Waals surface area contributed by atoms with Gasteiger partial charge in [0.25, 0.3) is 0 Å². The van der Waals surface area contributed by atoms with Gasteiger partial charge < -0.3 is 19.9 Å². The van der Waals surface area contributed by atoms with Crippen LogP contribution in [0.25, 0.3) is 0 Å². The summed E-state index contributed by atoms with van der Waals surface area (Å²) in [4.78, 5) is 19.5. The van der Waals surface area contributed by atoms with Crippen LogP contribution in [-0.2, 0) is 0 Å². The van der Waals surface area contributed by atoms with Crippen LogP contribution in [0.5, 0.6) is 5.75 Å². The van der Waals surface area contributed by atoms with Crippen molar-refractivity contribution in [2.75, 3.05) is 45.2 Å². The number of ether oxygens (including phenoxy) is 1. The highest BCUT2D eigenvalue weighted by molar-refractivity contribution is 5.94. The fraction of sp³-hybridized carbons (Fsp3) is 0.708. The number of likely N-dealkylation sites (N-methyl/N-ethyl adjacent to an activating group) is 1. The number of unbranched alkanes of at least 4 members (excludes halogenated alkanes) is 1. The Morgan fingerprint density at radius 1 is 1.13 bits per heavy atom. The molecule has 2 aliphatic rings. The summed E-state index contributed by atoms with van der Waals surface area (Å²) in [7, 11) is 4.22. The van der Waals surface area contributed by atoms with Crippen molar-refractivity contribution in [2.45, 2.75) is 70.5 Å². The third kappa shape index (κ3) is 5.88. The molecule has 6 nitrogen and oxygen atoms in total. The van der Waals surface area contributed by atoms with E-state index in [0.717, 1.165) is 76.2 Å². The predicted molar refractivity (Wildman–Crippen MR) is 123 cm³/mol. The first-order valence-corrected chi connectivity index (χ1v) is 11.7. The van der Waals surface area contributed by atoms with Gasteiger partial charge in [0, 0.05) is 43.4 Å². The third-order valence-corrected chi connectivity index (χ3v) is 6.37. The Morgan fingerprint density at radius 2 is 1.83 bits per heavy atom. The second kappa shape index (κ2) is 11.0. The molecule has 1 aliphatic carbocycles. The molecule has 6 heteroatoms. The van der Waals surface area contributed by atoms with Crippen molar-refractivity contribution in [3.63, 3.8) is 0 Å². The molecule has 1 heterocycles. The molecular formula is C24H40N4O2. The van der Waals surface area contributed by atoms with Crippen molar-refractivity contribution in [2.24, 2.45) is 0 Å². The molecule has 2 fully saturated rings. The van der Waals surface area contributed by atoms with E-state index in [4.69, 9.17) is 4.74 Å². The van der Waals surface area contributed by atoms with E-state index in [1.165, 1.54) is 0 Å². The number of amides is 2. The number of carbonyl (C=O) groups is 1. The summed E-state index contributed by atoms with van der Waals surface area (Å²) in [5.74, 6) is 0.879. The Morgan fingerprint density at radius 3 is 2.47 bits per heavy atom. The molecule has 0 aromatic heterocycles. The minimum Gasteiger partial charge on any atom is -0.494 e. The summed E-state index contributed by atoms with van der Waals surface area (Å²) in [5, 5.41) is 3.68. The highest BCUT2D eigenvalue weighted by Gasteiger charge is 2.40. The van der Waals surface area contributed by atoms with Crippen molar-refractivity contribution in [1.82, 2.24) is 15.1 Å². The molecule has 0 spiro atoms. The van der Waals surface area contributed by atoms with Crippen molar-refractivity contribution in [3.8, 4) is 5.75 Å². The molecular weight excluding hydrogens is 376 g/mol. The Balaban J connectivity index is 1.52. The molecule has 1 atom stereocenters. The number of benzene rings is 1. The van der Waals surface area contributed by atoms with E-state index in [0.29, 0.717) is 12.1 Å². The van der Waals surface area contributed by atoms with E-state index in [2.05, 4.69) is 43.1 Å². The molecule has 1 aromatic rings. The van der Waals surface area contributed by atoms with Gasteiger partial charge in [-0.05, 0) is 77.4 Å². The monoisotopic (exact) mass is 416 g/mol. The highest BCUT2D eigenvalue weighted by atomic mass is 16.5. The Labute approximate surface area is 182 Å². The Kier molecular flexibility index (Phi) is 8.40. The van der Waals surface area contributed by atoms with Crippen molar-refractivity contribution in [1.29, 1.82) is 0 Å². The lowest BCUT2D eigenvalue weighted by Gasteiger charge is -2.36. The second-order valence-corrected chi connectivity index (χ2v) is 9.11. The SMILES string of the molecule is CCCCOc1ccc(N2CC(C)N(C3CCC(NCCN(C)C)CC3)C2=O)cc1. The fourth-order valence-corrected chi connectivity index (χ4v) is 4.60. The van der Waals surface area contributed by atoms with E-state index >= 15 is 0 Å². The van der Waals surface area contributed by atoms with Crippen molar-refractivity contribution >= 4 is 11.7 Å². The van der Waals surface area contributed by atoms with Crippen LogP contribution in [0, 0.1) is 0 Å². The minimum absolute atomic E-state index is 0.158. The van der Waals surface area contributed by atoms with E-state index in [-0.39, 0.29) is 12.1 Å². The molecule has 30 heavy (non-hydrogen) atoms. The maximum absolute atomic E-state index is 13.2. The number of anilines is 1. The van der Waals surface area contributed by atoms with Gasteiger partial charge in [-0.1, -0.05) is 13.3 Å². The predicted octanol–water partition coefficient (Wildman–Crippen LogP) is 3.96. The van der Waals surface area contributed by atoms with Gasteiger partial charge in [-0.3, -0.25) is 4.90 Å². The van der Waals surface area contributed by atoms with Gasteiger partial charge in [0.1, 0.15) is 5.75 Å². The first-order valence-electron chi connectivity index (χ1n) is 11.7. The number of rotatable bonds is 10. The molecule has 3 rings (SSSR count). The van der Waals surface area contributed by atoms with Crippen molar-refractivity contribution in [3.05, 3.63) is 24.3 Å². The maximum atomic E-state index is 13.2. The quantitative estimate of drug-likeness (QED) is 0.587. The lowest BCUT2D eigenvalue weighted by molar-refractivity contribution is 0.150. The Hall–Kier alpha value is -1.79. The fourth-order valence-electron chi connectivity index (χ4n) is 4.60. The summed E-state index contributed by atoms with van der Waals surface area (Å²) in [5.41, 5.74) is 0.969. The summed E-state index contributed by atoms with van der Waals surface area (Å²) >= 11 is 0. The van der Waals surface area contributed by atoms with Gasteiger partial charge >= 0.3 is 6.03 Å². The summed E-state index contributed by atoms with van der Waals surface area (Å²) in [6.45, 7) is 7.95. The molecule has 1 unspecified atom stereocenters. The lowest BCUT2D eigenvalue weighted by Crippen LogP contribution is -2.47. The maximum Gasteiger partial charge on any atom is 0.325 e. The van der Waals surface area contributed by atoms with Crippen LogP contribution in [0.4, 0.5) is 10.5 Å². The number of hydrogen-bond acceptors (Lipinski definition) is 4. The lowest BCUT2D eigenvalue weighted by atomic mass is 9.90. The smallest absolute Gasteiger partial charge is 0.325 e. The standard InChI is InChI=1S/C24H40N4O2/c1-5-6-17-30-23-13-11-21(12-14-23)27-18-19(2)28(24(27)29)22-9-7-20(8-10-22)25-15-16-26(3)4/h11-14,19-20,22,25H,5-10,15-18H2,1-4H3. The van der Waals surface area contributed by atoms with E-state index in [9.17, 15) is 4.79 Å². The van der Waals surface area contributed by atoms with Crippen LogP contribution in [0.3, 0.4) is 0 Å². The average molecular weight is 417 g/mol. The number of nitrogens with zero attached hydrogens (tertiary/aromatic N) is 3. The topological polar surface area (TPSA) is 48.1 Å². The number of urea groups is 1. The first-order chi connectivity index (χ1) is 14.5. The first kappa shape index (κ1) is 22.9. The van der Waals surface area contributed by atoms with Crippen molar-refractivity contribution < 1.29 is 9.53 Å². The highest BCUT2D eigenvalue weighted by Crippen LogP contribution is 2.32. The van der Waals surface area contributed by atoms with Gasteiger partial charge in [0.15, 0.2) is 0 Å². The molecule has 168 valence electrons. The normalized spacial score (nSPS) is 24.7. The zero-order chi connectivity index (χ0) is 21.5. The number of nitrogens with one attached hydrogen (secondary N) is 1. The van der Waals surface area contributed by atoms with E-state index in [1.807, 2.05) is 29.2 Å². The van der Waals surface area contributed by atoms with Crippen LogP contribution in [-0.4, -0.2) is 74.3 Å². The molecule has 1 saturated carbocycles. The summed E-state index contributed by atoms with van der Waals surface area (Å²) in [6, 6.07) is 9.35. The summed E-state index contributed by atoms with van der Waals surface area (Å²) < 4.78 is 5.76. The van der Waals surface area contributed by atoms with Gasteiger partial charge in [-0.25, -0.2) is 4.79 Å². The molecule has 1 saturated heterocycles. The zero-order valence-corrected chi connectivity index (χ0v) is 19.3. The zero-order valence-electron chi connectivity index (χ0n) is 19.3. The van der Waals surface area contributed by atoms with Crippen LogP contribution >= 0.6 is 0 Å². The van der Waals surface area contributed by atoms with Crippen LogP contribution in [0.2, 0.25) is 0 Å². The molecule has 0 radical (unpaired) electrons. The number of hydrogen-bond donors (Lipinski definition) is 1. The summed E-state index contributed by atoms with van der Waals surface area (Å²) in [6.07, 6.45) is 6.67. The molecule has 1 N–H and O–H groups in total. The average Bonchev–Trinajstić information content (AvgIpc) is 3.03. The van der Waals surface area contributed by atoms with Gasteiger partial charge in [0.05, 0.1) is 6.61 Å². The molecule has 2 amide bonds. The Bertz CT molecular complexity index is 656. The van der Waals surface area contributed by atoms with Crippen LogP contribution < -0.4 is 15.0 Å².